The summed E-state index contributed by atoms with van der Waals surface area (Å²) < 4.78 is 16.3. The molecule has 29 heavy (non-hydrogen) atoms. The number of hydrogen-bond donors (Lipinski definition) is 0. The van der Waals surface area contributed by atoms with Crippen molar-refractivity contribution in [1.82, 2.24) is 9.80 Å². The third-order valence-corrected chi connectivity index (χ3v) is 6.01. The molecule has 1 fully saturated rings. The fourth-order valence-corrected chi connectivity index (χ4v) is 4.13. The van der Waals surface area contributed by atoms with Crippen LogP contribution in [0, 0.1) is 0 Å². The minimum atomic E-state index is 0.150. The van der Waals surface area contributed by atoms with Gasteiger partial charge in [-0.1, -0.05) is 18.2 Å². The van der Waals surface area contributed by atoms with Gasteiger partial charge in [-0.2, -0.15) is 0 Å². The molecular formula is C23H28N2O4. The number of carbonyl (C=O) groups is 1. The molecule has 1 saturated heterocycles. The van der Waals surface area contributed by atoms with Crippen LogP contribution >= 0.6 is 0 Å². The van der Waals surface area contributed by atoms with Gasteiger partial charge >= 0.3 is 0 Å². The van der Waals surface area contributed by atoms with E-state index in [1.54, 1.807) is 12.0 Å². The quantitative estimate of drug-likeness (QED) is 0.749. The molecule has 0 bridgehead atoms. The molecule has 6 nitrogen and oxygen atoms in total. The van der Waals surface area contributed by atoms with Crippen LogP contribution in [0.4, 0.5) is 0 Å². The molecule has 4 rings (SSSR count). The molecule has 2 aliphatic heterocycles. The SMILES string of the molecule is CCN(C)C(=O)CN1CC(c2ccc3c(c2)OCO3)CC1c1ccc(OC)cc1. The Morgan fingerprint density at radius 1 is 1.14 bits per heavy atom. The van der Waals surface area contributed by atoms with Crippen LogP contribution in [0.3, 0.4) is 0 Å². The van der Waals surface area contributed by atoms with Crippen LogP contribution in [0.1, 0.15) is 36.4 Å². The van der Waals surface area contributed by atoms with Gasteiger partial charge in [-0.25, -0.2) is 0 Å². The minimum absolute atomic E-state index is 0.150. The molecule has 0 saturated carbocycles. The Labute approximate surface area is 172 Å². The highest BCUT2D eigenvalue weighted by atomic mass is 16.7. The monoisotopic (exact) mass is 396 g/mol. The summed E-state index contributed by atoms with van der Waals surface area (Å²) in [6, 6.07) is 14.6. The van der Waals surface area contributed by atoms with Crippen LogP contribution in [0.25, 0.3) is 0 Å². The van der Waals surface area contributed by atoms with E-state index in [-0.39, 0.29) is 18.7 Å². The Hall–Kier alpha value is -2.73. The van der Waals surface area contributed by atoms with Crippen LogP contribution < -0.4 is 14.2 Å². The van der Waals surface area contributed by atoms with Gasteiger partial charge in [0, 0.05) is 26.2 Å². The number of likely N-dealkylation sites (N-methyl/N-ethyl adjacent to an activating group) is 1. The highest BCUT2D eigenvalue weighted by molar-refractivity contribution is 5.78. The first-order valence-electron chi connectivity index (χ1n) is 10.1. The summed E-state index contributed by atoms with van der Waals surface area (Å²) in [4.78, 5) is 16.7. The molecule has 0 spiro atoms. The second kappa shape index (κ2) is 8.33. The highest BCUT2D eigenvalue weighted by Crippen LogP contribution is 2.43. The molecule has 154 valence electrons. The summed E-state index contributed by atoms with van der Waals surface area (Å²) in [5, 5.41) is 0. The summed E-state index contributed by atoms with van der Waals surface area (Å²) in [5.41, 5.74) is 2.44. The molecule has 6 heteroatoms. The van der Waals surface area contributed by atoms with Crippen LogP contribution in [0.15, 0.2) is 42.5 Å². The lowest BCUT2D eigenvalue weighted by Gasteiger charge is -2.26. The molecule has 1 amide bonds. The van der Waals surface area contributed by atoms with E-state index in [2.05, 4.69) is 29.2 Å². The summed E-state index contributed by atoms with van der Waals surface area (Å²) >= 11 is 0. The zero-order chi connectivity index (χ0) is 20.4. The van der Waals surface area contributed by atoms with E-state index in [1.165, 1.54) is 11.1 Å². The number of fused-ring (bicyclic) bond motifs is 1. The van der Waals surface area contributed by atoms with Gasteiger partial charge in [-0.05, 0) is 54.7 Å². The second-order valence-electron chi connectivity index (χ2n) is 7.67. The van der Waals surface area contributed by atoms with Crippen molar-refractivity contribution in [2.45, 2.75) is 25.3 Å². The average molecular weight is 396 g/mol. The van der Waals surface area contributed by atoms with E-state index in [0.717, 1.165) is 30.2 Å². The topological polar surface area (TPSA) is 51.2 Å². The first-order valence-corrected chi connectivity index (χ1v) is 10.1. The standard InChI is InChI=1S/C23H28N2O4/c1-4-24(2)23(26)14-25-13-18(17-7-10-21-22(12-17)29-15-28-21)11-20(25)16-5-8-19(27-3)9-6-16/h5-10,12,18,20H,4,11,13-15H2,1-3H3. The van der Waals surface area contributed by atoms with E-state index in [4.69, 9.17) is 14.2 Å². The average Bonchev–Trinajstić information content (AvgIpc) is 3.39. The van der Waals surface area contributed by atoms with Gasteiger partial charge < -0.3 is 19.1 Å². The van der Waals surface area contributed by atoms with Crippen molar-refractivity contribution in [2.75, 3.05) is 40.6 Å². The Kier molecular flexibility index (Phi) is 5.62. The lowest BCUT2D eigenvalue weighted by Crippen LogP contribution is -2.38. The van der Waals surface area contributed by atoms with Gasteiger partial charge in [0.1, 0.15) is 5.75 Å². The van der Waals surface area contributed by atoms with E-state index in [1.807, 2.05) is 32.2 Å². The first-order chi connectivity index (χ1) is 14.1. The molecular weight excluding hydrogens is 368 g/mol. The largest absolute Gasteiger partial charge is 0.497 e. The number of carbonyl (C=O) groups excluding carboxylic acids is 1. The van der Waals surface area contributed by atoms with Crippen molar-refractivity contribution >= 4 is 5.91 Å². The maximum Gasteiger partial charge on any atom is 0.236 e. The number of ether oxygens (including phenoxy) is 3. The zero-order valence-electron chi connectivity index (χ0n) is 17.3. The van der Waals surface area contributed by atoms with Crippen LogP contribution in [0.5, 0.6) is 17.2 Å². The number of benzene rings is 2. The highest BCUT2D eigenvalue weighted by Gasteiger charge is 2.35. The molecule has 0 aliphatic carbocycles. The van der Waals surface area contributed by atoms with Gasteiger partial charge in [0.05, 0.1) is 13.7 Å². The summed E-state index contributed by atoms with van der Waals surface area (Å²) in [5.74, 6) is 2.93. The van der Waals surface area contributed by atoms with E-state index < -0.39 is 0 Å². The Bertz CT molecular complexity index is 868. The number of rotatable bonds is 6. The fraction of sp³-hybridized carbons (Fsp3) is 0.435. The summed E-state index contributed by atoms with van der Waals surface area (Å²) in [6.45, 7) is 4.24. The number of amides is 1. The Morgan fingerprint density at radius 2 is 1.86 bits per heavy atom. The van der Waals surface area contributed by atoms with Crippen molar-refractivity contribution in [2.24, 2.45) is 0 Å². The molecule has 2 heterocycles. The number of methoxy groups -OCH3 is 1. The van der Waals surface area contributed by atoms with Gasteiger partial charge in [-0.3, -0.25) is 9.69 Å². The minimum Gasteiger partial charge on any atom is -0.497 e. The maximum atomic E-state index is 12.6. The number of likely N-dealkylation sites (tertiary alicyclic amines) is 1. The molecule has 0 N–H and O–H groups in total. The summed E-state index contributed by atoms with van der Waals surface area (Å²) in [7, 11) is 3.53. The van der Waals surface area contributed by atoms with Crippen LogP contribution in [-0.2, 0) is 4.79 Å². The van der Waals surface area contributed by atoms with Crippen molar-refractivity contribution in [3.05, 3.63) is 53.6 Å². The normalized spacial score (nSPS) is 20.7. The number of hydrogen-bond acceptors (Lipinski definition) is 5. The van der Waals surface area contributed by atoms with E-state index >= 15 is 0 Å². The second-order valence-corrected chi connectivity index (χ2v) is 7.67. The third-order valence-electron chi connectivity index (χ3n) is 6.01. The first kappa shape index (κ1) is 19.6. The van der Waals surface area contributed by atoms with Gasteiger partial charge in [-0.15, -0.1) is 0 Å². The molecule has 0 radical (unpaired) electrons. The Balaban J connectivity index is 1.58. The van der Waals surface area contributed by atoms with Gasteiger partial charge in [0.15, 0.2) is 11.5 Å². The van der Waals surface area contributed by atoms with Crippen LogP contribution in [0.2, 0.25) is 0 Å². The van der Waals surface area contributed by atoms with Crippen molar-refractivity contribution in [3.63, 3.8) is 0 Å². The maximum absolute atomic E-state index is 12.6. The lowest BCUT2D eigenvalue weighted by molar-refractivity contribution is -0.131. The van der Waals surface area contributed by atoms with Gasteiger partial charge in [0.2, 0.25) is 12.7 Å². The molecule has 2 atom stereocenters. The molecule has 0 aromatic heterocycles. The molecule has 2 aromatic rings. The van der Waals surface area contributed by atoms with Crippen molar-refractivity contribution < 1.29 is 19.0 Å². The Morgan fingerprint density at radius 3 is 2.59 bits per heavy atom. The van der Waals surface area contributed by atoms with E-state index in [0.29, 0.717) is 19.0 Å². The van der Waals surface area contributed by atoms with E-state index in [9.17, 15) is 4.79 Å². The predicted molar refractivity (Wildman–Crippen MR) is 111 cm³/mol. The summed E-state index contributed by atoms with van der Waals surface area (Å²) in [6.07, 6.45) is 0.953. The molecule has 2 unspecified atom stereocenters. The van der Waals surface area contributed by atoms with Crippen molar-refractivity contribution in [3.8, 4) is 17.2 Å². The molecule has 2 aliphatic rings. The smallest absolute Gasteiger partial charge is 0.236 e. The third kappa shape index (κ3) is 4.03. The van der Waals surface area contributed by atoms with Gasteiger partial charge in [0.25, 0.3) is 0 Å². The zero-order valence-corrected chi connectivity index (χ0v) is 17.3. The fourth-order valence-electron chi connectivity index (χ4n) is 4.13. The van der Waals surface area contributed by atoms with Crippen molar-refractivity contribution in [1.29, 1.82) is 0 Å². The predicted octanol–water partition coefficient (Wildman–Crippen LogP) is 3.43. The molecule has 2 aromatic carbocycles. The lowest BCUT2D eigenvalue weighted by atomic mass is 9.93. The number of nitrogens with zero attached hydrogens (tertiary/aromatic N) is 2. The van der Waals surface area contributed by atoms with Crippen LogP contribution in [-0.4, -0.2) is 56.3 Å².